The predicted molar refractivity (Wildman–Crippen MR) is 57.5 cm³/mol. The van der Waals surface area contributed by atoms with E-state index in [2.05, 4.69) is 4.98 Å². The summed E-state index contributed by atoms with van der Waals surface area (Å²) in [4.78, 5) is 15.0. The molecule has 0 saturated carbocycles. The first kappa shape index (κ1) is 10.5. The van der Waals surface area contributed by atoms with Crippen molar-refractivity contribution in [1.82, 2.24) is 9.55 Å². The minimum absolute atomic E-state index is 0.116. The van der Waals surface area contributed by atoms with Crippen molar-refractivity contribution in [2.24, 2.45) is 0 Å². The molecule has 0 aliphatic rings. The topological polar surface area (TPSA) is 78.9 Å². The molecule has 0 saturated heterocycles. The van der Waals surface area contributed by atoms with Crippen LogP contribution >= 0.6 is 11.6 Å². The molecule has 0 radical (unpaired) electrons. The Balaban J connectivity index is 2.77. The summed E-state index contributed by atoms with van der Waals surface area (Å²) in [7, 11) is 0. The monoisotopic (exact) mass is 235 g/mol. The number of fused-ring (bicyclic) bond motifs is 1. The number of halogens is 1. The third-order valence-corrected chi connectivity index (χ3v) is 2.37. The molecule has 2 aromatic rings. The molecular formula is C10H6ClN3O2. The highest BCUT2D eigenvalue weighted by Gasteiger charge is 2.13. The molecule has 1 N–H and O–H groups in total. The van der Waals surface area contributed by atoms with Gasteiger partial charge in [-0.05, 0) is 6.07 Å². The lowest BCUT2D eigenvalue weighted by Crippen LogP contribution is -2.05. The molecule has 0 aliphatic heterocycles. The smallest absolute Gasteiger partial charge is 0.416 e. The molecule has 0 fully saturated rings. The molecule has 5 nitrogen and oxygen atoms in total. The van der Waals surface area contributed by atoms with E-state index < -0.39 is 6.09 Å². The molecule has 0 atom stereocenters. The standard InChI is InChI=1S/C10H6ClN3O2/c11-7-3-8-9(13-4-7)6(1-2-12)5-14(8)10(15)16/h3-5H,1H2,(H,15,16). The molecule has 0 amide bonds. The van der Waals surface area contributed by atoms with Gasteiger partial charge in [0, 0.05) is 18.0 Å². The molecule has 0 aromatic carbocycles. The highest BCUT2D eigenvalue weighted by molar-refractivity contribution is 6.31. The van der Waals surface area contributed by atoms with Crippen LogP contribution in [0.25, 0.3) is 11.0 Å². The Labute approximate surface area is 95.5 Å². The minimum Gasteiger partial charge on any atom is -0.464 e. The largest absolute Gasteiger partial charge is 0.464 e. The summed E-state index contributed by atoms with van der Waals surface area (Å²) in [5, 5.41) is 17.9. The van der Waals surface area contributed by atoms with Gasteiger partial charge in [-0.25, -0.2) is 4.79 Å². The van der Waals surface area contributed by atoms with Crippen molar-refractivity contribution in [2.75, 3.05) is 0 Å². The van der Waals surface area contributed by atoms with Gasteiger partial charge in [0.1, 0.15) is 0 Å². The molecule has 0 spiro atoms. The number of carbonyl (C=O) groups is 1. The number of carboxylic acid groups (broad SMARTS) is 1. The Morgan fingerprint density at radius 2 is 2.44 bits per heavy atom. The third-order valence-electron chi connectivity index (χ3n) is 2.16. The Hall–Kier alpha value is -2.06. The van der Waals surface area contributed by atoms with E-state index in [-0.39, 0.29) is 6.42 Å². The van der Waals surface area contributed by atoms with Crippen molar-refractivity contribution in [3.05, 3.63) is 29.0 Å². The second-order valence-corrected chi connectivity index (χ2v) is 3.60. The molecule has 6 heteroatoms. The summed E-state index contributed by atoms with van der Waals surface area (Å²) in [6.07, 6.45) is 1.81. The minimum atomic E-state index is -1.13. The number of hydrogen-bond acceptors (Lipinski definition) is 3. The van der Waals surface area contributed by atoms with Crippen LogP contribution in [0.4, 0.5) is 4.79 Å². The van der Waals surface area contributed by atoms with Crippen LogP contribution in [0, 0.1) is 11.3 Å². The number of pyridine rings is 1. The maximum atomic E-state index is 11.0. The summed E-state index contributed by atoms with van der Waals surface area (Å²) in [6.45, 7) is 0. The fourth-order valence-electron chi connectivity index (χ4n) is 1.52. The first-order chi connectivity index (χ1) is 7.63. The van der Waals surface area contributed by atoms with Gasteiger partial charge in [0.2, 0.25) is 0 Å². The SMILES string of the molecule is N#CCc1cn(C(=O)O)c2cc(Cl)cnc12. The van der Waals surface area contributed by atoms with E-state index in [1.54, 1.807) is 0 Å². The van der Waals surface area contributed by atoms with Crippen LogP contribution in [0.15, 0.2) is 18.5 Å². The maximum Gasteiger partial charge on any atom is 0.416 e. The van der Waals surface area contributed by atoms with Crippen molar-refractivity contribution >= 4 is 28.7 Å². The van der Waals surface area contributed by atoms with Crippen molar-refractivity contribution in [1.29, 1.82) is 5.26 Å². The first-order valence-corrected chi connectivity index (χ1v) is 4.77. The summed E-state index contributed by atoms with van der Waals surface area (Å²) in [6, 6.07) is 3.48. The zero-order chi connectivity index (χ0) is 11.7. The average Bonchev–Trinajstić information content (AvgIpc) is 2.57. The van der Waals surface area contributed by atoms with Gasteiger partial charge in [0.05, 0.1) is 28.5 Å². The zero-order valence-electron chi connectivity index (χ0n) is 8.01. The quantitative estimate of drug-likeness (QED) is 0.822. The van der Waals surface area contributed by atoms with Crippen LogP contribution in [0.1, 0.15) is 5.56 Å². The van der Waals surface area contributed by atoms with Gasteiger partial charge in [-0.3, -0.25) is 9.55 Å². The number of rotatable bonds is 1. The van der Waals surface area contributed by atoms with Crippen LogP contribution in [-0.2, 0) is 6.42 Å². The lowest BCUT2D eigenvalue weighted by Gasteiger charge is -1.96. The number of nitriles is 1. The summed E-state index contributed by atoms with van der Waals surface area (Å²) >= 11 is 5.75. The molecule has 2 heterocycles. The van der Waals surface area contributed by atoms with Gasteiger partial charge < -0.3 is 5.11 Å². The van der Waals surface area contributed by atoms with Crippen molar-refractivity contribution < 1.29 is 9.90 Å². The van der Waals surface area contributed by atoms with E-state index in [1.807, 2.05) is 6.07 Å². The second kappa shape index (κ2) is 3.83. The van der Waals surface area contributed by atoms with E-state index in [4.69, 9.17) is 22.0 Å². The van der Waals surface area contributed by atoms with Crippen LogP contribution in [0.2, 0.25) is 5.02 Å². The van der Waals surface area contributed by atoms with Crippen molar-refractivity contribution in [3.8, 4) is 6.07 Å². The Morgan fingerprint density at radius 1 is 1.69 bits per heavy atom. The second-order valence-electron chi connectivity index (χ2n) is 3.16. The number of aromatic nitrogens is 2. The highest BCUT2D eigenvalue weighted by Crippen LogP contribution is 2.22. The van der Waals surface area contributed by atoms with Gasteiger partial charge in [-0.15, -0.1) is 0 Å². The van der Waals surface area contributed by atoms with Crippen LogP contribution in [0.5, 0.6) is 0 Å². The predicted octanol–water partition coefficient (Wildman–Crippen LogP) is 2.28. The van der Waals surface area contributed by atoms with Crippen LogP contribution in [-0.4, -0.2) is 20.8 Å². The molecular weight excluding hydrogens is 230 g/mol. The normalized spacial score (nSPS) is 10.2. The molecule has 0 unspecified atom stereocenters. The lowest BCUT2D eigenvalue weighted by atomic mass is 10.2. The van der Waals surface area contributed by atoms with E-state index >= 15 is 0 Å². The van der Waals surface area contributed by atoms with E-state index in [1.165, 1.54) is 18.5 Å². The van der Waals surface area contributed by atoms with Crippen molar-refractivity contribution in [2.45, 2.75) is 6.42 Å². The van der Waals surface area contributed by atoms with E-state index in [0.717, 1.165) is 4.57 Å². The summed E-state index contributed by atoms with van der Waals surface area (Å²) in [5.74, 6) is 0. The molecule has 0 bridgehead atoms. The highest BCUT2D eigenvalue weighted by atomic mass is 35.5. The molecule has 80 valence electrons. The summed E-state index contributed by atoms with van der Waals surface area (Å²) in [5.41, 5.74) is 1.47. The lowest BCUT2D eigenvalue weighted by molar-refractivity contribution is 0.197. The fraction of sp³-hybridized carbons (Fsp3) is 0.100. The number of hydrogen-bond donors (Lipinski definition) is 1. The zero-order valence-corrected chi connectivity index (χ0v) is 8.77. The first-order valence-electron chi connectivity index (χ1n) is 4.39. The van der Waals surface area contributed by atoms with Gasteiger partial charge in [-0.2, -0.15) is 5.26 Å². The Kier molecular flexibility index (Phi) is 2.50. The van der Waals surface area contributed by atoms with Crippen LogP contribution < -0.4 is 0 Å². The van der Waals surface area contributed by atoms with Gasteiger partial charge >= 0.3 is 6.09 Å². The fourth-order valence-corrected chi connectivity index (χ4v) is 1.67. The molecule has 0 aliphatic carbocycles. The molecule has 2 rings (SSSR count). The summed E-state index contributed by atoms with van der Waals surface area (Å²) < 4.78 is 1.01. The number of nitrogens with zero attached hydrogens (tertiary/aromatic N) is 3. The van der Waals surface area contributed by atoms with Gasteiger partial charge in [0.15, 0.2) is 0 Å². The maximum absolute atomic E-state index is 11.0. The Bertz CT molecular complexity index is 612. The van der Waals surface area contributed by atoms with Crippen molar-refractivity contribution in [3.63, 3.8) is 0 Å². The van der Waals surface area contributed by atoms with Gasteiger partial charge in [-0.1, -0.05) is 11.6 Å². The van der Waals surface area contributed by atoms with Gasteiger partial charge in [0.25, 0.3) is 0 Å². The Morgan fingerprint density at radius 3 is 3.06 bits per heavy atom. The molecule has 16 heavy (non-hydrogen) atoms. The van der Waals surface area contributed by atoms with Crippen LogP contribution in [0.3, 0.4) is 0 Å². The van der Waals surface area contributed by atoms with E-state index in [0.29, 0.717) is 21.6 Å². The molecule has 2 aromatic heterocycles. The van der Waals surface area contributed by atoms with E-state index in [9.17, 15) is 4.79 Å². The average molecular weight is 236 g/mol. The third kappa shape index (κ3) is 1.59.